The first-order valence-corrected chi connectivity index (χ1v) is 24.8. The number of unbranched alkanes of at least 4 members (excludes halogenated alkanes) is 2. The van der Waals surface area contributed by atoms with Gasteiger partial charge in [-0.3, -0.25) is 25.5 Å². The number of hydroxylamine groups is 3. The van der Waals surface area contributed by atoms with E-state index in [4.69, 9.17) is 28.4 Å². The molecule has 2 saturated heterocycles. The maximum absolute atomic E-state index is 14.1. The van der Waals surface area contributed by atoms with Crippen LogP contribution < -0.4 is 29.6 Å². The molecule has 4 fully saturated rings. The molecule has 20 heteroatoms. The Morgan fingerprint density at radius 1 is 0.897 bits per heavy atom. The molecule has 0 radical (unpaired) electrons. The first-order chi connectivity index (χ1) is 32.3. The van der Waals surface area contributed by atoms with Gasteiger partial charge in [0.2, 0.25) is 0 Å². The van der Waals surface area contributed by atoms with Crippen LogP contribution in [0.5, 0.6) is 23.0 Å². The molecule has 366 valence electrons. The van der Waals surface area contributed by atoms with Gasteiger partial charge in [-0.15, -0.1) is 0 Å². The summed E-state index contributed by atoms with van der Waals surface area (Å²) in [5, 5.41) is 31.0. The van der Waals surface area contributed by atoms with Gasteiger partial charge in [-0.25, -0.2) is 14.6 Å². The van der Waals surface area contributed by atoms with E-state index in [-0.39, 0.29) is 52.8 Å². The number of pyridine rings is 1. The highest BCUT2D eigenvalue weighted by Crippen LogP contribution is 2.55. The lowest BCUT2D eigenvalue weighted by Crippen LogP contribution is -2.38. The molecule has 1 atom stereocenters. The predicted molar refractivity (Wildman–Crippen MR) is 260 cm³/mol. The Kier molecular flexibility index (Phi) is 15.4. The van der Waals surface area contributed by atoms with Crippen LogP contribution in [0.4, 0.5) is 26.7 Å². The number of nitrogens with one attached hydrogen (secondary N) is 2. The molecule has 2 saturated carbocycles. The fraction of sp³-hybridized carbons (Fsp3) is 0.500. The summed E-state index contributed by atoms with van der Waals surface area (Å²) >= 11 is 0. The second-order valence-corrected chi connectivity index (χ2v) is 21.5. The number of aromatic nitrogens is 1. The minimum absolute atomic E-state index is 0.0710. The number of nitro groups is 1. The molecule has 1 spiro atoms. The van der Waals surface area contributed by atoms with E-state index in [1.54, 1.807) is 51.1 Å². The van der Waals surface area contributed by atoms with Crippen LogP contribution in [0.2, 0.25) is 0 Å². The minimum atomic E-state index is -0.762. The molecule has 1 unspecified atom stereocenters. The monoisotopic (exact) mass is 976 g/mol. The smallest absolute Gasteiger partial charge is 0.412 e. The average molecular weight is 977 g/mol. The third-order valence-corrected chi connectivity index (χ3v) is 15.3. The quantitative estimate of drug-likeness (QED) is 0.0193. The zero-order valence-corrected chi connectivity index (χ0v) is 40.9. The molecule has 18 nitrogen and oxygen atoms in total. The molecule has 4 aliphatic rings. The first kappa shape index (κ1) is 50.2. The molecular formula is C48H60N6O12S2. The van der Waals surface area contributed by atoms with Crippen molar-refractivity contribution in [2.24, 2.45) is 0 Å². The highest BCUT2D eigenvalue weighted by Gasteiger charge is 2.54. The number of nitrogens with zero attached hydrogens (tertiary/aromatic N) is 4. The highest BCUT2D eigenvalue weighted by atomic mass is 33.1. The van der Waals surface area contributed by atoms with Crippen molar-refractivity contribution in [1.82, 2.24) is 9.88 Å². The number of anilines is 2. The van der Waals surface area contributed by atoms with Gasteiger partial charge in [0.05, 0.1) is 60.6 Å². The van der Waals surface area contributed by atoms with Crippen molar-refractivity contribution < 1.29 is 52.4 Å². The zero-order chi connectivity index (χ0) is 48.9. The van der Waals surface area contributed by atoms with Crippen molar-refractivity contribution in [3.63, 3.8) is 0 Å². The van der Waals surface area contributed by atoms with Gasteiger partial charge in [-0.05, 0) is 107 Å². The Bertz CT molecular complexity index is 2420. The van der Waals surface area contributed by atoms with E-state index in [1.807, 2.05) is 4.90 Å². The Balaban J connectivity index is 0.957. The highest BCUT2D eigenvalue weighted by molar-refractivity contribution is 8.77. The number of hydrogen-bond donors (Lipinski definition) is 2. The average Bonchev–Trinajstić information content (AvgIpc) is 4.18. The topological polar surface area (TPSA) is 213 Å². The summed E-state index contributed by atoms with van der Waals surface area (Å²) in [4.78, 5) is 56.9. The molecule has 2 aliphatic carbocycles. The van der Waals surface area contributed by atoms with E-state index in [0.29, 0.717) is 91.3 Å². The first-order valence-electron chi connectivity index (χ1n) is 22.6. The predicted octanol–water partition coefficient (Wildman–Crippen LogP) is 10.2. The van der Waals surface area contributed by atoms with Gasteiger partial charge < -0.3 is 43.2 Å². The van der Waals surface area contributed by atoms with Crippen molar-refractivity contribution in [1.29, 1.82) is 0 Å². The maximum atomic E-state index is 14.1. The van der Waals surface area contributed by atoms with Gasteiger partial charge in [0.1, 0.15) is 36.5 Å². The van der Waals surface area contributed by atoms with Crippen molar-refractivity contribution in [2.75, 3.05) is 64.3 Å². The number of rotatable bonds is 21. The number of carbonyl (C=O) groups excluding carboxylic acids is 3. The van der Waals surface area contributed by atoms with Gasteiger partial charge in [-0.2, -0.15) is 0 Å². The molecule has 2 N–H and O–H groups in total. The van der Waals surface area contributed by atoms with Crippen LogP contribution in [-0.2, 0) is 16.0 Å². The lowest BCUT2D eigenvalue weighted by atomic mass is 10.1. The summed E-state index contributed by atoms with van der Waals surface area (Å²) in [7, 11) is 5.89. The molecule has 0 bridgehead atoms. The summed E-state index contributed by atoms with van der Waals surface area (Å²) in [6.45, 7) is 15.3. The minimum Gasteiger partial charge on any atom is -0.632 e. The van der Waals surface area contributed by atoms with Crippen LogP contribution in [0, 0.1) is 15.3 Å². The number of ether oxygens (including phenoxy) is 6. The zero-order valence-electron chi connectivity index (χ0n) is 39.3. The van der Waals surface area contributed by atoms with Gasteiger partial charge >= 0.3 is 12.2 Å². The van der Waals surface area contributed by atoms with Crippen molar-refractivity contribution in [2.45, 2.75) is 106 Å². The molecule has 2 aromatic carbocycles. The van der Waals surface area contributed by atoms with Crippen LogP contribution in [0.15, 0.2) is 71.9 Å². The van der Waals surface area contributed by atoms with Gasteiger partial charge in [0.25, 0.3) is 11.6 Å². The van der Waals surface area contributed by atoms with Crippen molar-refractivity contribution in [3.05, 3.63) is 93.3 Å². The van der Waals surface area contributed by atoms with Gasteiger partial charge in [0, 0.05) is 42.3 Å². The third kappa shape index (κ3) is 12.9. The summed E-state index contributed by atoms with van der Waals surface area (Å²) in [6, 6.07) is 9.56. The van der Waals surface area contributed by atoms with Crippen LogP contribution in [-0.4, -0.2) is 107 Å². The van der Waals surface area contributed by atoms with E-state index < -0.39 is 27.4 Å². The van der Waals surface area contributed by atoms with Crippen LogP contribution in [0.3, 0.4) is 0 Å². The summed E-state index contributed by atoms with van der Waals surface area (Å²) in [6.07, 6.45) is 6.62. The molecule has 3 heterocycles. The van der Waals surface area contributed by atoms with Crippen LogP contribution in [0.1, 0.15) is 94.5 Å². The number of quaternary nitrogens is 1. The molecule has 3 amide bonds. The second kappa shape index (κ2) is 20.9. The third-order valence-electron chi connectivity index (χ3n) is 12.1. The number of likely N-dealkylation sites (tertiary alicyclic amines) is 2. The fourth-order valence-corrected chi connectivity index (χ4v) is 10.8. The Hall–Kier alpha value is -5.70. The van der Waals surface area contributed by atoms with E-state index in [0.717, 1.165) is 43.3 Å². The number of carbonyl (C=O) groups is 3. The molecule has 68 heavy (non-hydrogen) atoms. The molecule has 3 aromatic rings. The molecule has 7 rings (SSSR count). The van der Waals surface area contributed by atoms with E-state index in [9.17, 15) is 29.7 Å². The second-order valence-electron chi connectivity index (χ2n) is 18.9. The van der Waals surface area contributed by atoms with Crippen molar-refractivity contribution >= 4 is 56.7 Å². The Morgan fingerprint density at radius 3 is 2.13 bits per heavy atom. The Labute approximate surface area is 404 Å². The maximum Gasteiger partial charge on any atom is 0.412 e. The van der Waals surface area contributed by atoms with E-state index >= 15 is 0 Å². The molecule has 1 aromatic heterocycles. The Morgan fingerprint density at radius 2 is 1.56 bits per heavy atom. The van der Waals surface area contributed by atoms with Gasteiger partial charge in [-0.1, -0.05) is 29.5 Å². The normalized spacial score (nSPS) is 18.8. The number of amides is 3. The van der Waals surface area contributed by atoms with Crippen molar-refractivity contribution in [3.8, 4) is 23.0 Å². The largest absolute Gasteiger partial charge is 0.632 e. The summed E-state index contributed by atoms with van der Waals surface area (Å²) in [5.74, 6) is 1.26. The molecular weight excluding hydrogens is 917 g/mol. The van der Waals surface area contributed by atoms with E-state index in [1.165, 1.54) is 48.1 Å². The van der Waals surface area contributed by atoms with Gasteiger partial charge in [0.15, 0.2) is 23.0 Å². The lowest BCUT2D eigenvalue weighted by molar-refractivity contribution is -0.879. The van der Waals surface area contributed by atoms with Crippen LogP contribution >= 0.6 is 21.6 Å². The number of benzene rings is 2. The lowest BCUT2D eigenvalue weighted by Gasteiger charge is -2.38. The SMILES string of the molecule is C=C1CN(C(=O)c2cc(OC)c(OCCCCCOc3cc(NC(=O)OCC4(SSc5ccc([N+](=O)[O-])cn5)CC4)c(C[N+]4([O-])CCC(=C)C4)cc3OC)cc2NC(=O)OC(C)(C)C)C2(CC2)C1. The summed E-state index contributed by atoms with van der Waals surface area (Å²) < 4.78 is 34.2. The standard InChI is InChI=1S/C48H60N6O12S2/c1-31-13-18-54(60,28-31)29-33-21-38(61-6)40(23-36(33)50-44(56)65-30-48(16-17-48)68-67-42-12-11-34(26-49-42)53(58)59)63-19-9-8-10-20-64-41-24-37(51-45(57)66-46(3,4)5)35(22-39(41)62-7)43(55)52-27-32(2)25-47(52)14-15-47/h11-12,21-24,26H,1-2,8-10,13-20,25,27-30H2,3-7H3,(H,50,56)(H,51,57). The van der Waals surface area contributed by atoms with E-state index in [2.05, 4.69) is 28.8 Å². The molecule has 2 aliphatic heterocycles. The number of methoxy groups -OCH3 is 2. The number of hydrogen-bond acceptors (Lipinski definition) is 15. The van der Waals surface area contributed by atoms with Crippen LogP contribution in [0.25, 0.3) is 0 Å². The summed E-state index contributed by atoms with van der Waals surface area (Å²) in [5.41, 5.74) is 2.25. The fourth-order valence-electron chi connectivity index (χ4n) is 8.19.